The Balaban J connectivity index is 1.60. The Bertz CT molecular complexity index is 1930. The molecule has 1 aliphatic heterocycles. The number of nitrogens with zero attached hydrogens (tertiary/aromatic N) is 7. The summed E-state index contributed by atoms with van der Waals surface area (Å²) >= 11 is 0. The third-order valence-electron chi connectivity index (χ3n) is 7.75. The second-order valence-corrected chi connectivity index (χ2v) is 10.9. The number of aliphatic imine (C=N–C) groups is 1. The summed E-state index contributed by atoms with van der Waals surface area (Å²) in [5, 5.41) is 16.6. The van der Waals surface area contributed by atoms with Crippen LogP contribution in [-0.4, -0.2) is 35.7 Å². The van der Waals surface area contributed by atoms with Gasteiger partial charge in [0, 0.05) is 47.1 Å². The molecule has 0 spiro atoms. The van der Waals surface area contributed by atoms with Crippen LogP contribution in [0.2, 0.25) is 0 Å². The van der Waals surface area contributed by atoms with E-state index < -0.39 is 29.2 Å². The quantitative estimate of drug-likeness (QED) is 0.0412. The molecule has 1 aliphatic rings. The first-order chi connectivity index (χ1) is 23.9. The van der Waals surface area contributed by atoms with Gasteiger partial charge in [-0.1, -0.05) is 64.8 Å². The van der Waals surface area contributed by atoms with E-state index in [1.54, 1.807) is 72.8 Å². The molecule has 13 nitrogen and oxygen atoms in total. The molecule has 0 radical (unpaired) electrons. The largest absolute Gasteiger partial charge is 0.494 e. The van der Waals surface area contributed by atoms with E-state index in [0.717, 1.165) is 12.1 Å². The van der Waals surface area contributed by atoms with Crippen molar-refractivity contribution in [3.8, 4) is 5.75 Å². The highest BCUT2D eigenvalue weighted by atomic mass is 19.2. The molecule has 49 heavy (non-hydrogen) atoms. The molecule has 0 aromatic heterocycles. The lowest BCUT2D eigenvalue weighted by Gasteiger charge is -2.32. The molecule has 250 valence electrons. The molecule has 1 heterocycles. The minimum atomic E-state index is -1.75. The zero-order valence-corrected chi connectivity index (χ0v) is 26.0. The number of rotatable bonds is 15. The lowest BCUT2D eigenvalue weighted by atomic mass is 9.80. The molecule has 2 atom stereocenters. The number of benzene rings is 4. The summed E-state index contributed by atoms with van der Waals surface area (Å²) in [6, 6.07) is 24.0. The minimum Gasteiger partial charge on any atom is -0.494 e. The van der Waals surface area contributed by atoms with Crippen molar-refractivity contribution in [3.63, 3.8) is 0 Å². The Morgan fingerprint density at radius 3 is 2.47 bits per heavy atom. The van der Waals surface area contributed by atoms with Crippen molar-refractivity contribution < 1.29 is 28.2 Å². The second-order valence-electron chi connectivity index (χ2n) is 10.9. The van der Waals surface area contributed by atoms with Crippen LogP contribution in [0.15, 0.2) is 106 Å². The SMILES string of the molecule is [N-]=[N+]=NCc1ccccc1[C@@H]1OC(c2ccc(OCCCO)cc2)=N[C@]1(Cc1ccccc1N=[N+]=[N-])C(=O)NNCc1ccc(F)c(F)c1. The lowest BCUT2D eigenvalue weighted by molar-refractivity contribution is -0.130. The van der Waals surface area contributed by atoms with Crippen LogP contribution in [0.1, 0.15) is 40.3 Å². The summed E-state index contributed by atoms with van der Waals surface area (Å²) in [4.78, 5) is 25.3. The molecule has 1 amide bonds. The van der Waals surface area contributed by atoms with Gasteiger partial charge in [0.2, 0.25) is 5.90 Å². The van der Waals surface area contributed by atoms with Gasteiger partial charge < -0.3 is 14.6 Å². The standard InChI is InChI=1S/C34H31F2N9O4/c35-28-15-10-22(18-29(28)36)20-39-43-33(47)34(19-24-6-2-4-9-30(24)42-45-38)31(27-8-3-1-7-25(27)21-40-44-37)49-32(41-34)23-11-13-26(14-12-23)48-17-5-16-46/h1-4,6-15,18,31,39,46H,5,16-17,19-21H2,(H,43,47)/t31-,34-/m0/s1. The van der Waals surface area contributed by atoms with Crippen LogP contribution < -0.4 is 15.6 Å². The highest BCUT2D eigenvalue weighted by molar-refractivity contribution is 6.01. The number of azide groups is 2. The van der Waals surface area contributed by atoms with Crippen LogP contribution in [-0.2, 0) is 29.0 Å². The number of aliphatic hydroxyl groups is 1. The fraction of sp³-hybridized carbons (Fsp3) is 0.235. The summed E-state index contributed by atoms with van der Waals surface area (Å²) in [6.07, 6.45) is -0.724. The summed E-state index contributed by atoms with van der Waals surface area (Å²) in [5.74, 6) is -1.99. The van der Waals surface area contributed by atoms with E-state index in [-0.39, 0.29) is 37.7 Å². The highest BCUT2D eigenvalue weighted by Gasteiger charge is 2.54. The van der Waals surface area contributed by atoms with Gasteiger partial charge in [0.25, 0.3) is 5.91 Å². The van der Waals surface area contributed by atoms with Crippen molar-refractivity contribution in [2.75, 3.05) is 13.2 Å². The fourth-order valence-corrected chi connectivity index (χ4v) is 5.38. The van der Waals surface area contributed by atoms with Gasteiger partial charge in [-0.15, -0.1) is 0 Å². The van der Waals surface area contributed by atoms with Crippen molar-refractivity contribution in [1.82, 2.24) is 10.9 Å². The first-order valence-electron chi connectivity index (χ1n) is 15.2. The maximum absolute atomic E-state index is 14.5. The summed E-state index contributed by atoms with van der Waals surface area (Å²) in [5.41, 5.74) is 24.8. The first kappa shape index (κ1) is 34.4. The topological polar surface area (TPSA) is 190 Å². The summed E-state index contributed by atoms with van der Waals surface area (Å²) < 4.78 is 39.6. The maximum atomic E-state index is 14.5. The Labute approximate surface area is 279 Å². The number of hydrogen-bond donors (Lipinski definition) is 3. The zero-order valence-electron chi connectivity index (χ0n) is 26.0. The molecule has 4 aromatic rings. The van der Waals surface area contributed by atoms with E-state index in [0.29, 0.717) is 46.6 Å². The van der Waals surface area contributed by atoms with Gasteiger partial charge in [-0.3, -0.25) is 10.2 Å². The highest BCUT2D eigenvalue weighted by Crippen LogP contribution is 2.44. The van der Waals surface area contributed by atoms with Crippen LogP contribution >= 0.6 is 0 Å². The lowest BCUT2D eigenvalue weighted by Crippen LogP contribution is -2.53. The average Bonchev–Trinajstić information content (AvgIpc) is 3.50. The number of carbonyl (C=O) groups excluding carboxylic acids is 1. The van der Waals surface area contributed by atoms with Gasteiger partial charge >= 0.3 is 0 Å². The number of aliphatic hydroxyl groups excluding tert-OH is 1. The molecular formula is C34H31F2N9O4. The van der Waals surface area contributed by atoms with Gasteiger partial charge in [0.1, 0.15) is 5.75 Å². The molecule has 0 saturated heterocycles. The first-order valence-corrected chi connectivity index (χ1v) is 15.2. The van der Waals surface area contributed by atoms with E-state index in [1.165, 1.54) is 6.07 Å². The van der Waals surface area contributed by atoms with Gasteiger partial charge in [0.05, 0.1) is 13.2 Å². The molecule has 3 N–H and O–H groups in total. The number of ether oxygens (including phenoxy) is 2. The minimum absolute atomic E-state index is 0.00608. The Morgan fingerprint density at radius 1 is 0.980 bits per heavy atom. The van der Waals surface area contributed by atoms with Crippen LogP contribution in [0.5, 0.6) is 5.75 Å². The van der Waals surface area contributed by atoms with Gasteiger partial charge in [-0.05, 0) is 69.7 Å². The Kier molecular flexibility index (Phi) is 11.4. The predicted molar refractivity (Wildman–Crippen MR) is 176 cm³/mol. The monoisotopic (exact) mass is 667 g/mol. The van der Waals surface area contributed by atoms with E-state index in [9.17, 15) is 19.1 Å². The van der Waals surface area contributed by atoms with Crippen LogP contribution in [0.4, 0.5) is 14.5 Å². The number of nitrogens with one attached hydrogen (secondary N) is 2. The normalized spacial score (nSPS) is 16.5. The van der Waals surface area contributed by atoms with Crippen LogP contribution in [0.25, 0.3) is 20.9 Å². The number of halogens is 2. The van der Waals surface area contributed by atoms with Crippen molar-refractivity contribution in [2.24, 2.45) is 15.2 Å². The average molecular weight is 668 g/mol. The number of hydrazine groups is 1. The van der Waals surface area contributed by atoms with Crippen molar-refractivity contribution in [3.05, 3.63) is 151 Å². The van der Waals surface area contributed by atoms with Crippen molar-refractivity contribution in [2.45, 2.75) is 37.6 Å². The molecule has 0 saturated carbocycles. The molecular weight excluding hydrogens is 636 g/mol. The molecule has 4 aromatic carbocycles. The Morgan fingerprint density at radius 2 is 1.73 bits per heavy atom. The number of hydrogen-bond acceptors (Lipinski definition) is 8. The molecule has 0 aliphatic carbocycles. The van der Waals surface area contributed by atoms with E-state index in [2.05, 4.69) is 30.9 Å². The second kappa shape index (κ2) is 16.2. The molecule has 0 bridgehead atoms. The van der Waals surface area contributed by atoms with Crippen molar-refractivity contribution >= 4 is 17.5 Å². The Hall–Kier alpha value is -5.98. The molecule has 15 heteroatoms. The summed E-state index contributed by atoms with van der Waals surface area (Å²) in [7, 11) is 0. The smallest absolute Gasteiger partial charge is 0.266 e. The maximum Gasteiger partial charge on any atom is 0.266 e. The number of amides is 1. The zero-order chi connectivity index (χ0) is 34.6. The molecule has 5 rings (SSSR count). The third-order valence-corrected chi connectivity index (χ3v) is 7.75. The van der Waals surface area contributed by atoms with Crippen LogP contribution in [0.3, 0.4) is 0 Å². The molecule has 0 fully saturated rings. The van der Waals surface area contributed by atoms with Gasteiger partial charge in [-0.25, -0.2) is 19.2 Å². The third kappa shape index (κ3) is 8.12. The number of carbonyl (C=O) groups is 1. The fourth-order valence-electron chi connectivity index (χ4n) is 5.38. The predicted octanol–water partition coefficient (Wildman–Crippen LogP) is 6.80. The molecule has 0 unspecified atom stereocenters. The van der Waals surface area contributed by atoms with E-state index in [1.807, 2.05) is 0 Å². The van der Waals surface area contributed by atoms with Crippen molar-refractivity contribution in [1.29, 1.82) is 0 Å². The summed E-state index contributed by atoms with van der Waals surface area (Å²) in [6.45, 7) is 0.224. The van der Waals surface area contributed by atoms with E-state index in [4.69, 9.17) is 25.1 Å². The van der Waals surface area contributed by atoms with E-state index >= 15 is 0 Å². The van der Waals surface area contributed by atoms with Gasteiger partial charge in [-0.2, -0.15) is 0 Å². The van der Waals surface area contributed by atoms with Gasteiger partial charge in [0.15, 0.2) is 23.3 Å². The van der Waals surface area contributed by atoms with Crippen LogP contribution in [0, 0.1) is 11.6 Å².